The summed E-state index contributed by atoms with van der Waals surface area (Å²) in [7, 11) is 0. The largest absolute Gasteiger partial charge is 0.480 e. The lowest BCUT2D eigenvalue weighted by atomic mass is 9.93. The molecule has 2 aromatic rings. The number of thioether (sulfide) groups is 1. The first-order valence-electron chi connectivity index (χ1n) is 6.32. The molecule has 20 heavy (non-hydrogen) atoms. The van der Waals surface area contributed by atoms with Crippen molar-refractivity contribution in [3.8, 4) is 0 Å². The Morgan fingerprint density at radius 1 is 1.05 bits per heavy atom. The number of hydrogen-bond acceptors (Lipinski definition) is 3. The van der Waals surface area contributed by atoms with Crippen molar-refractivity contribution in [2.24, 2.45) is 5.73 Å². The van der Waals surface area contributed by atoms with Crippen LogP contribution in [0.4, 0.5) is 0 Å². The van der Waals surface area contributed by atoms with Gasteiger partial charge in [-0.05, 0) is 11.1 Å². The van der Waals surface area contributed by atoms with Crippen LogP contribution in [0.5, 0.6) is 0 Å². The Bertz CT molecular complexity index is 559. The van der Waals surface area contributed by atoms with Gasteiger partial charge in [-0.3, -0.25) is 0 Å². The van der Waals surface area contributed by atoms with E-state index < -0.39 is 11.5 Å². The molecule has 0 heterocycles. The van der Waals surface area contributed by atoms with Gasteiger partial charge < -0.3 is 10.8 Å². The minimum Gasteiger partial charge on any atom is -0.480 e. The molecule has 1 unspecified atom stereocenters. The van der Waals surface area contributed by atoms with Crippen LogP contribution in [-0.4, -0.2) is 16.8 Å². The van der Waals surface area contributed by atoms with E-state index in [4.69, 9.17) is 5.73 Å². The van der Waals surface area contributed by atoms with Crippen LogP contribution in [0.25, 0.3) is 0 Å². The second-order valence-electron chi connectivity index (χ2n) is 4.62. The van der Waals surface area contributed by atoms with Gasteiger partial charge in [0.05, 0.1) is 0 Å². The van der Waals surface area contributed by atoms with Crippen molar-refractivity contribution in [3.05, 3.63) is 71.8 Å². The van der Waals surface area contributed by atoms with Gasteiger partial charge in [-0.2, -0.15) is 11.8 Å². The Hall–Kier alpha value is -1.78. The minimum absolute atomic E-state index is 0.335. The Morgan fingerprint density at radius 2 is 1.60 bits per heavy atom. The zero-order chi connectivity index (χ0) is 14.4. The Balaban J connectivity index is 2.05. The summed E-state index contributed by atoms with van der Waals surface area (Å²) in [5.74, 6) is 0.0884. The fraction of sp³-hybridized carbons (Fsp3) is 0.188. The first-order valence-corrected chi connectivity index (χ1v) is 7.48. The highest BCUT2D eigenvalue weighted by Gasteiger charge is 2.35. The van der Waals surface area contributed by atoms with E-state index in [1.165, 1.54) is 17.3 Å². The molecule has 3 N–H and O–H groups in total. The standard InChI is InChI=1S/C16H17NO2S/c17-16(15(18)19,14-9-5-2-6-10-14)12-20-11-13-7-3-1-4-8-13/h1-10H,11-12,17H2,(H,18,19). The van der Waals surface area contributed by atoms with Crippen LogP contribution in [0.3, 0.4) is 0 Å². The van der Waals surface area contributed by atoms with Crippen molar-refractivity contribution in [1.82, 2.24) is 0 Å². The van der Waals surface area contributed by atoms with Gasteiger partial charge in [0.15, 0.2) is 0 Å². The number of nitrogens with two attached hydrogens (primary N) is 1. The van der Waals surface area contributed by atoms with Gasteiger partial charge >= 0.3 is 5.97 Å². The maximum Gasteiger partial charge on any atom is 0.329 e. The normalized spacial score (nSPS) is 13.7. The molecule has 0 saturated heterocycles. The van der Waals surface area contributed by atoms with Gasteiger partial charge in [0.25, 0.3) is 0 Å². The second kappa shape index (κ2) is 6.59. The lowest BCUT2D eigenvalue weighted by Crippen LogP contribution is -2.47. The van der Waals surface area contributed by atoms with Crippen LogP contribution in [0, 0.1) is 0 Å². The van der Waals surface area contributed by atoms with Crippen molar-refractivity contribution < 1.29 is 9.90 Å². The highest BCUT2D eigenvalue weighted by molar-refractivity contribution is 7.98. The SMILES string of the molecule is NC(CSCc1ccccc1)(C(=O)O)c1ccccc1. The fourth-order valence-corrected chi connectivity index (χ4v) is 3.05. The van der Waals surface area contributed by atoms with Crippen molar-refractivity contribution in [2.75, 3.05) is 5.75 Å². The highest BCUT2D eigenvalue weighted by atomic mass is 32.2. The molecule has 0 radical (unpaired) electrons. The molecular weight excluding hydrogens is 270 g/mol. The molecule has 0 bridgehead atoms. The molecule has 104 valence electrons. The number of hydrogen-bond donors (Lipinski definition) is 2. The van der Waals surface area contributed by atoms with E-state index in [1.54, 1.807) is 12.1 Å². The Kier molecular flexibility index (Phi) is 4.82. The van der Waals surface area contributed by atoms with Gasteiger partial charge in [-0.25, -0.2) is 4.79 Å². The monoisotopic (exact) mass is 287 g/mol. The number of carboxylic acids is 1. The van der Waals surface area contributed by atoms with E-state index in [2.05, 4.69) is 0 Å². The maximum atomic E-state index is 11.5. The average Bonchev–Trinajstić information content (AvgIpc) is 2.49. The predicted molar refractivity (Wildman–Crippen MR) is 82.5 cm³/mol. The molecule has 2 aromatic carbocycles. The predicted octanol–water partition coefficient (Wildman–Crippen LogP) is 2.86. The van der Waals surface area contributed by atoms with Gasteiger partial charge in [0.1, 0.15) is 5.54 Å². The topological polar surface area (TPSA) is 63.3 Å². The molecule has 1 atom stereocenters. The first kappa shape index (κ1) is 14.6. The number of carboxylic acid groups (broad SMARTS) is 1. The molecule has 0 spiro atoms. The van der Waals surface area contributed by atoms with Crippen LogP contribution in [-0.2, 0) is 16.1 Å². The third-order valence-corrected chi connectivity index (χ3v) is 4.31. The van der Waals surface area contributed by atoms with Crippen molar-refractivity contribution in [2.45, 2.75) is 11.3 Å². The summed E-state index contributed by atoms with van der Waals surface area (Å²) >= 11 is 1.53. The van der Waals surface area contributed by atoms with Crippen LogP contribution in [0.1, 0.15) is 11.1 Å². The van der Waals surface area contributed by atoms with E-state index in [1.807, 2.05) is 48.5 Å². The second-order valence-corrected chi connectivity index (χ2v) is 5.61. The van der Waals surface area contributed by atoms with Crippen LogP contribution < -0.4 is 5.73 Å². The number of aliphatic carboxylic acids is 1. The molecule has 0 aliphatic carbocycles. The molecule has 0 aliphatic heterocycles. The quantitative estimate of drug-likeness (QED) is 0.857. The number of benzene rings is 2. The molecule has 0 saturated carbocycles. The van der Waals surface area contributed by atoms with E-state index in [-0.39, 0.29) is 0 Å². The van der Waals surface area contributed by atoms with Crippen molar-refractivity contribution in [1.29, 1.82) is 0 Å². The van der Waals surface area contributed by atoms with Gasteiger partial charge in [-0.15, -0.1) is 0 Å². The average molecular weight is 287 g/mol. The number of carbonyl (C=O) groups is 1. The lowest BCUT2D eigenvalue weighted by Gasteiger charge is -2.24. The van der Waals surface area contributed by atoms with Crippen LogP contribution in [0.15, 0.2) is 60.7 Å². The summed E-state index contributed by atoms with van der Waals surface area (Å²) in [6.07, 6.45) is 0. The third-order valence-electron chi connectivity index (χ3n) is 3.11. The fourth-order valence-electron chi connectivity index (χ4n) is 1.91. The van der Waals surface area contributed by atoms with Crippen molar-refractivity contribution >= 4 is 17.7 Å². The molecular formula is C16H17NO2S. The Morgan fingerprint density at radius 3 is 2.15 bits per heavy atom. The van der Waals surface area contributed by atoms with Gasteiger partial charge in [-0.1, -0.05) is 60.7 Å². The number of rotatable bonds is 6. The summed E-state index contributed by atoms with van der Waals surface area (Å²) in [5, 5.41) is 9.44. The molecule has 0 aromatic heterocycles. The smallest absolute Gasteiger partial charge is 0.329 e. The molecule has 4 heteroatoms. The zero-order valence-electron chi connectivity index (χ0n) is 11.0. The minimum atomic E-state index is -1.35. The third kappa shape index (κ3) is 3.40. The molecule has 2 rings (SSSR count). The first-order chi connectivity index (χ1) is 9.63. The summed E-state index contributed by atoms with van der Waals surface area (Å²) in [4.78, 5) is 11.5. The van der Waals surface area contributed by atoms with Crippen molar-refractivity contribution in [3.63, 3.8) is 0 Å². The molecule has 3 nitrogen and oxygen atoms in total. The summed E-state index contributed by atoms with van der Waals surface area (Å²) < 4.78 is 0. The Labute approximate surface area is 122 Å². The van der Waals surface area contributed by atoms with E-state index in [9.17, 15) is 9.90 Å². The van der Waals surface area contributed by atoms with Crippen LogP contribution in [0.2, 0.25) is 0 Å². The summed E-state index contributed by atoms with van der Waals surface area (Å²) in [6.45, 7) is 0. The maximum absolute atomic E-state index is 11.5. The zero-order valence-corrected chi connectivity index (χ0v) is 11.8. The van der Waals surface area contributed by atoms with Gasteiger partial charge in [0, 0.05) is 11.5 Å². The summed E-state index contributed by atoms with van der Waals surface area (Å²) in [6, 6.07) is 18.9. The molecule has 0 amide bonds. The highest BCUT2D eigenvalue weighted by Crippen LogP contribution is 2.25. The molecule has 0 fully saturated rings. The van der Waals surface area contributed by atoms with E-state index >= 15 is 0 Å². The van der Waals surface area contributed by atoms with Gasteiger partial charge in [0.2, 0.25) is 0 Å². The molecule has 0 aliphatic rings. The van der Waals surface area contributed by atoms with E-state index in [0.29, 0.717) is 11.3 Å². The lowest BCUT2D eigenvalue weighted by molar-refractivity contribution is -0.142. The summed E-state index contributed by atoms with van der Waals surface area (Å²) in [5.41, 5.74) is 6.56. The van der Waals surface area contributed by atoms with Crippen LogP contribution >= 0.6 is 11.8 Å². The van der Waals surface area contributed by atoms with E-state index in [0.717, 1.165) is 5.75 Å².